The fourth-order valence-corrected chi connectivity index (χ4v) is 0.740. The Labute approximate surface area is 69.6 Å². The molecule has 0 aliphatic carbocycles. The second kappa shape index (κ2) is 4.06. The summed E-state index contributed by atoms with van der Waals surface area (Å²) in [5.74, 6) is -0.929. The van der Waals surface area contributed by atoms with Crippen LogP contribution in [0.5, 0.6) is 0 Å². The van der Waals surface area contributed by atoms with Crippen LogP contribution in [0.4, 0.5) is 0 Å². The quantitative estimate of drug-likeness (QED) is 0.571. The van der Waals surface area contributed by atoms with E-state index in [4.69, 9.17) is 0 Å². The van der Waals surface area contributed by atoms with E-state index >= 15 is 0 Å². The van der Waals surface area contributed by atoms with Crippen molar-refractivity contribution in [3.63, 3.8) is 0 Å². The zero-order chi connectivity index (χ0) is 8.97. The van der Waals surface area contributed by atoms with Gasteiger partial charge < -0.3 is 9.47 Å². The molecule has 0 radical (unpaired) electrons. The van der Waals surface area contributed by atoms with Gasteiger partial charge in [0.15, 0.2) is 6.61 Å². The molecule has 0 aromatic rings. The summed E-state index contributed by atoms with van der Waals surface area (Å²) in [6, 6.07) is 0. The maximum absolute atomic E-state index is 10.8. The highest BCUT2D eigenvalue weighted by molar-refractivity contribution is 5.73. The number of ether oxygens (including phenoxy) is 3. The van der Waals surface area contributed by atoms with Gasteiger partial charge in [-0.3, -0.25) is 9.53 Å². The van der Waals surface area contributed by atoms with Crippen LogP contribution in [0.1, 0.15) is 19.8 Å². The Kier molecular flexibility index (Phi) is 3.04. The van der Waals surface area contributed by atoms with Crippen LogP contribution < -0.4 is 0 Å². The van der Waals surface area contributed by atoms with E-state index in [1.54, 1.807) is 0 Å². The van der Waals surface area contributed by atoms with Crippen molar-refractivity contribution >= 4 is 11.9 Å². The molecule has 12 heavy (non-hydrogen) atoms. The topological polar surface area (TPSA) is 61.8 Å². The molecule has 1 atom stereocenters. The normalized spacial score (nSPS) is 22.1. The van der Waals surface area contributed by atoms with Gasteiger partial charge in [-0.15, -0.1) is 0 Å². The maximum Gasteiger partial charge on any atom is 0.365 e. The first kappa shape index (κ1) is 8.99. The average molecular weight is 174 g/mol. The molecule has 0 aromatic heterocycles. The largest absolute Gasteiger partial charge is 0.400 e. The lowest BCUT2D eigenvalue weighted by Gasteiger charge is -2.08. The predicted octanol–water partition coefficient (Wildman–Crippen LogP) is 0.187. The van der Waals surface area contributed by atoms with E-state index in [1.165, 1.54) is 0 Å². The highest BCUT2D eigenvalue weighted by Gasteiger charge is 2.26. The van der Waals surface area contributed by atoms with Crippen molar-refractivity contribution in [1.29, 1.82) is 0 Å². The van der Waals surface area contributed by atoms with E-state index in [1.807, 2.05) is 6.92 Å². The van der Waals surface area contributed by atoms with E-state index < -0.39 is 18.4 Å². The first-order chi connectivity index (χ1) is 5.72. The fraction of sp³-hybridized carbons (Fsp3) is 0.714. The van der Waals surface area contributed by atoms with Crippen LogP contribution >= 0.6 is 0 Å². The molecule has 1 saturated heterocycles. The Hall–Kier alpha value is -1.10. The van der Waals surface area contributed by atoms with Crippen LogP contribution in [0.2, 0.25) is 0 Å². The zero-order valence-electron chi connectivity index (χ0n) is 6.74. The van der Waals surface area contributed by atoms with Gasteiger partial charge in [0.05, 0.1) is 0 Å². The number of rotatable bonds is 3. The van der Waals surface area contributed by atoms with E-state index in [0.717, 1.165) is 0 Å². The lowest BCUT2D eigenvalue weighted by Crippen LogP contribution is -2.18. The molecule has 5 heteroatoms. The van der Waals surface area contributed by atoms with E-state index in [-0.39, 0.29) is 6.61 Å². The predicted molar refractivity (Wildman–Crippen MR) is 36.8 cm³/mol. The minimum atomic E-state index is -1.13. The molecule has 0 amide bonds. The van der Waals surface area contributed by atoms with Gasteiger partial charge in [0.1, 0.15) is 0 Å². The Morgan fingerprint density at radius 1 is 1.75 bits per heavy atom. The maximum atomic E-state index is 10.8. The SMILES string of the molecule is CCCC(=O)O[C@@H]1OCC(=O)O1. The molecule has 1 fully saturated rings. The highest BCUT2D eigenvalue weighted by Crippen LogP contribution is 2.07. The van der Waals surface area contributed by atoms with Gasteiger partial charge in [-0.1, -0.05) is 6.92 Å². The number of cyclic esters (lactones) is 1. The molecule has 0 spiro atoms. The number of hydrogen-bond acceptors (Lipinski definition) is 5. The molecule has 1 heterocycles. The van der Waals surface area contributed by atoms with Gasteiger partial charge in [0.2, 0.25) is 0 Å². The standard InChI is InChI=1S/C7H10O5/c1-2-3-5(8)11-7-10-4-6(9)12-7/h7H,2-4H2,1H3/t7-/m0/s1. The fourth-order valence-electron chi connectivity index (χ4n) is 0.740. The van der Waals surface area contributed by atoms with Crippen LogP contribution in [0, 0.1) is 0 Å². The van der Waals surface area contributed by atoms with Crippen molar-refractivity contribution in [2.24, 2.45) is 0 Å². The zero-order valence-corrected chi connectivity index (χ0v) is 6.74. The number of carbonyl (C=O) groups is 2. The molecule has 68 valence electrons. The highest BCUT2D eigenvalue weighted by atomic mass is 16.9. The van der Waals surface area contributed by atoms with Crippen molar-refractivity contribution in [1.82, 2.24) is 0 Å². The third-order valence-corrected chi connectivity index (χ3v) is 1.25. The molecular formula is C7H10O5. The molecule has 1 aliphatic heterocycles. The second-order valence-electron chi connectivity index (χ2n) is 2.33. The van der Waals surface area contributed by atoms with Crippen molar-refractivity contribution < 1.29 is 23.8 Å². The van der Waals surface area contributed by atoms with Gasteiger partial charge in [0.25, 0.3) is 0 Å². The minimum Gasteiger partial charge on any atom is -0.400 e. The van der Waals surface area contributed by atoms with Gasteiger partial charge >= 0.3 is 18.4 Å². The van der Waals surface area contributed by atoms with Crippen LogP contribution in [0.15, 0.2) is 0 Å². The van der Waals surface area contributed by atoms with E-state index in [2.05, 4.69) is 14.2 Å². The average Bonchev–Trinajstić information content (AvgIpc) is 2.36. The van der Waals surface area contributed by atoms with Crippen LogP contribution in [0.25, 0.3) is 0 Å². The van der Waals surface area contributed by atoms with Crippen LogP contribution in [-0.4, -0.2) is 25.0 Å². The first-order valence-electron chi connectivity index (χ1n) is 3.73. The molecular weight excluding hydrogens is 164 g/mol. The minimum absolute atomic E-state index is 0.149. The molecule has 1 aliphatic rings. The first-order valence-corrected chi connectivity index (χ1v) is 3.73. The monoisotopic (exact) mass is 174 g/mol. The van der Waals surface area contributed by atoms with Gasteiger partial charge in [-0.05, 0) is 6.42 Å². The van der Waals surface area contributed by atoms with E-state index in [9.17, 15) is 9.59 Å². The summed E-state index contributed by atoms with van der Waals surface area (Å²) in [7, 11) is 0. The summed E-state index contributed by atoms with van der Waals surface area (Å²) >= 11 is 0. The summed E-state index contributed by atoms with van der Waals surface area (Å²) < 4.78 is 13.8. The van der Waals surface area contributed by atoms with Gasteiger partial charge in [-0.2, -0.15) is 0 Å². The van der Waals surface area contributed by atoms with Gasteiger partial charge in [0, 0.05) is 6.42 Å². The van der Waals surface area contributed by atoms with Gasteiger partial charge in [-0.25, -0.2) is 4.79 Å². The Morgan fingerprint density at radius 3 is 3.00 bits per heavy atom. The molecule has 0 aromatic carbocycles. The van der Waals surface area contributed by atoms with Crippen LogP contribution in [0.3, 0.4) is 0 Å². The number of esters is 2. The summed E-state index contributed by atoms with van der Waals surface area (Å²) in [5, 5.41) is 0. The smallest absolute Gasteiger partial charge is 0.365 e. The molecule has 5 nitrogen and oxygen atoms in total. The van der Waals surface area contributed by atoms with Crippen molar-refractivity contribution in [2.75, 3.05) is 6.61 Å². The summed E-state index contributed by atoms with van der Waals surface area (Å²) in [4.78, 5) is 21.3. The molecule has 0 saturated carbocycles. The van der Waals surface area contributed by atoms with E-state index in [0.29, 0.717) is 12.8 Å². The van der Waals surface area contributed by atoms with Crippen molar-refractivity contribution in [3.05, 3.63) is 0 Å². The lowest BCUT2D eigenvalue weighted by atomic mass is 10.3. The molecule has 0 N–H and O–H groups in total. The lowest BCUT2D eigenvalue weighted by molar-refractivity contribution is -0.225. The summed E-state index contributed by atoms with van der Waals surface area (Å²) in [6.07, 6.45) is 0.997. The van der Waals surface area contributed by atoms with Crippen molar-refractivity contribution in [2.45, 2.75) is 26.2 Å². The summed E-state index contributed by atoms with van der Waals surface area (Å²) in [5.41, 5.74) is 0. The third-order valence-electron chi connectivity index (χ3n) is 1.25. The number of hydrogen-bond donors (Lipinski definition) is 0. The molecule has 1 rings (SSSR count). The second-order valence-corrected chi connectivity index (χ2v) is 2.33. The molecule has 0 bridgehead atoms. The third kappa shape index (κ3) is 2.50. The Morgan fingerprint density at radius 2 is 2.50 bits per heavy atom. The van der Waals surface area contributed by atoms with Crippen LogP contribution in [-0.2, 0) is 23.8 Å². The number of carbonyl (C=O) groups excluding carboxylic acids is 2. The Bertz CT molecular complexity index is 188. The molecule has 0 unspecified atom stereocenters. The van der Waals surface area contributed by atoms with Crippen molar-refractivity contribution in [3.8, 4) is 0 Å². The summed E-state index contributed by atoms with van der Waals surface area (Å²) in [6.45, 7) is 0.573. The Balaban J connectivity index is 2.23.